The molecular formula is C7H10O. The summed E-state index contributed by atoms with van der Waals surface area (Å²) in [6.45, 7) is 2.18. The Morgan fingerprint density at radius 2 is 2.50 bits per heavy atom. The first-order chi connectivity index (χ1) is 3.81. The first-order valence-corrected chi connectivity index (χ1v) is 3.14. The van der Waals surface area contributed by atoms with Crippen molar-refractivity contribution in [1.29, 1.82) is 0 Å². The molecule has 2 rings (SSSR count). The molecule has 0 N–H and O–H groups in total. The Balaban J connectivity index is 2.17. The molecule has 1 saturated heterocycles. The lowest BCUT2D eigenvalue weighted by atomic mass is 9.97. The molecule has 2 atom stereocenters. The van der Waals surface area contributed by atoms with Crippen LogP contribution in [-0.4, -0.2) is 11.7 Å². The van der Waals surface area contributed by atoms with Gasteiger partial charge in [0.2, 0.25) is 0 Å². The van der Waals surface area contributed by atoms with Crippen molar-refractivity contribution in [3.8, 4) is 0 Å². The molecule has 1 heteroatoms. The molecule has 2 unspecified atom stereocenters. The minimum atomic E-state index is 0.259. The quantitative estimate of drug-likeness (QED) is 0.340. The third-order valence-electron chi connectivity index (χ3n) is 2.08. The summed E-state index contributed by atoms with van der Waals surface area (Å²) in [4.78, 5) is 0. The zero-order chi connectivity index (χ0) is 5.61. The lowest BCUT2D eigenvalue weighted by Crippen LogP contribution is -2.10. The Morgan fingerprint density at radius 3 is 3.00 bits per heavy atom. The molecule has 0 radical (unpaired) electrons. The Labute approximate surface area is 49.3 Å². The molecule has 1 aliphatic heterocycles. The van der Waals surface area contributed by atoms with Gasteiger partial charge in [-0.3, -0.25) is 0 Å². The summed E-state index contributed by atoms with van der Waals surface area (Å²) in [5.41, 5.74) is 0.259. The van der Waals surface area contributed by atoms with E-state index in [0.717, 1.165) is 12.8 Å². The maximum atomic E-state index is 5.40. The van der Waals surface area contributed by atoms with Gasteiger partial charge in [-0.25, -0.2) is 0 Å². The van der Waals surface area contributed by atoms with Crippen LogP contribution in [0.25, 0.3) is 0 Å². The molecule has 0 saturated carbocycles. The molecule has 8 heavy (non-hydrogen) atoms. The van der Waals surface area contributed by atoms with Crippen LogP contribution in [0.2, 0.25) is 0 Å². The largest absolute Gasteiger partial charge is 0.366 e. The Morgan fingerprint density at radius 1 is 1.62 bits per heavy atom. The zero-order valence-electron chi connectivity index (χ0n) is 5.05. The predicted octanol–water partition coefficient (Wildman–Crippen LogP) is 1.49. The van der Waals surface area contributed by atoms with E-state index in [1.807, 2.05) is 0 Å². The fourth-order valence-electron chi connectivity index (χ4n) is 1.31. The van der Waals surface area contributed by atoms with Crippen molar-refractivity contribution in [2.75, 3.05) is 0 Å². The highest BCUT2D eigenvalue weighted by Gasteiger charge is 2.51. The van der Waals surface area contributed by atoms with Gasteiger partial charge in [0.25, 0.3) is 0 Å². The van der Waals surface area contributed by atoms with E-state index in [4.69, 9.17) is 4.74 Å². The van der Waals surface area contributed by atoms with E-state index in [0.29, 0.717) is 6.10 Å². The number of rotatable bonds is 0. The second-order valence-electron chi connectivity index (χ2n) is 2.83. The van der Waals surface area contributed by atoms with Gasteiger partial charge in [-0.2, -0.15) is 0 Å². The molecular weight excluding hydrogens is 100 g/mol. The normalized spacial score (nSPS) is 50.9. The second-order valence-corrected chi connectivity index (χ2v) is 2.83. The van der Waals surface area contributed by atoms with Gasteiger partial charge >= 0.3 is 0 Å². The fraction of sp³-hybridized carbons (Fsp3) is 0.714. The molecule has 0 spiro atoms. The lowest BCUT2D eigenvalue weighted by molar-refractivity contribution is 0.314. The Kier molecular flexibility index (Phi) is 0.662. The van der Waals surface area contributed by atoms with Crippen molar-refractivity contribution in [3.63, 3.8) is 0 Å². The van der Waals surface area contributed by atoms with E-state index >= 15 is 0 Å². The predicted molar refractivity (Wildman–Crippen MR) is 31.7 cm³/mol. The van der Waals surface area contributed by atoms with E-state index in [1.54, 1.807) is 0 Å². The molecule has 1 fully saturated rings. The van der Waals surface area contributed by atoms with E-state index in [9.17, 15) is 0 Å². The van der Waals surface area contributed by atoms with Gasteiger partial charge in [0.15, 0.2) is 0 Å². The van der Waals surface area contributed by atoms with Crippen LogP contribution in [0.5, 0.6) is 0 Å². The molecule has 0 aromatic carbocycles. The zero-order valence-corrected chi connectivity index (χ0v) is 5.05. The van der Waals surface area contributed by atoms with Crippen LogP contribution in [0.4, 0.5) is 0 Å². The summed E-state index contributed by atoms with van der Waals surface area (Å²) < 4.78 is 5.40. The van der Waals surface area contributed by atoms with Crippen LogP contribution in [-0.2, 0) is 4.74 Å². The van der Waals surface area contributed by atoms with Gasteiger partial charge in [0.05, 0.1) is 11.7 Å². The van der Waals surface area contributed by atoms with Gasteiger partial charge < -0.3 is 4.74 Å². The molecule has 1 aliphatic carbocycles. The maximum Gasteiger partial charge on any atom is 0.0957 e. The highest BCUT2D eigenvalue weighted by molar-refractivity contribution is 5.11. The second kappa shape index (κ2) is 1.16. The third-order valence-corrected chi connectivity index (χ3v) is 2.08. The smallest absolute Gasteiger partial charge is 0.0957 e. The number of epoxide rings is 1. The lowest BCUT2D eigenvalue weighted by Gasteiger charge is -2.03. The van der Waals surface area contributed by atoms with Crippen molar-refractivity contribution in [2.45, 2.75) is 31.5 Å². The minimum Gasteiger partial charge on any atom is -0.366 e. The van der Waals surface area contributed by atoms with E-state index in [2.05, 4.69) is 19.1 Å². The van der Waals surface area contributed by atoms with E-state index in [1.165, 1.54) is 0 Å². The van der Waals surface area contributed by atoms with Crippen LogP contribution in [0, 0.1) is 0 Å². The molecule has 0 bridgehead atoms. The van der Waals surface area contributed by atoms with E-state index < -0.39 is 0 Å². The summed E-state index contributed by atoms with van der Waals surface area (Å²) in [7, 11) is 0. The monoisotopic (exact) mass is 110 g/mol. The summed E-state index contributed by atoms with van der Waals surface area (Å²) in [5, 5.41) is 0. The molecule has 0 aromatic heterocycles. The highest BCUT2D eigenvalue weighted by atomic mass is 16.6. The van der Waals surface area contributed by atoms with Crippen LogP contribution in [0.1, 0.15) is 19.8 Å². The van der Waals surface area contributed by atoms with Gasteiger partial charge in [-0.05, 0) is 19.8 Å². The first kappa shape index (κ1) is 4.57. The SMILES string of the molecule is CC12CC=CCC1O2. The van der Waals surface area contributed by atoms with Crippen molar-refractivity contribution < 1.29 is 4.74 Å². The molecule has 2 aliphatic rings. The topological polar surface area (TPSA) is 12.5 Å². The van der Waals surface area contributed by atoms with Crippen LogP contribution < -0.4 is 0 Å². The highest BCUT2D eigenvalue weighted by Crippen LogP contribution is 2.44. The van der Waals surface area contributed by atoms with Crippen molar-refractivity contribution >= 4 is 0 Å². The van der Waals surface area contributed by atoms with Crippen molar-refractivity contribution in [2.24, 2.45) is 0 Å². The molecule has 1 nitrogen and oxygen atoms in total. The molecule has 0 amide bonds. The number of hydrogen-bond donors (Lipinski definition) is 0. The van der Waals surface area contributed by atoms with Crippen LogP contribution >= 0.6 is 0 Å². The average molecular weight is 110 g/mol. The summed E-state index contributed by atoms with van der Waals surface area (Å²) in [6, 6.07) is 0. The van der Waals surface area contributed by atoms with Gasteiger partial charge in [0.1, 0.15) is 0 Å². The Hall–Kier alpha value is -0.300. The summed E-state index contributed by atoms with van der Waals surface area (Å²) >= 11 is 0. The third kappa shape index (κ3) is 0.451. The Bertz CT molecular complexity index is 139. The van der Waals surface area contributed by atoms with Crippen LogP contribution in [0.15, 0.2) is 12.2 Å². The van der Waals surface area contributed by atoms with Gasteiger partial charge in [-0.1, -0.05) is 12.2 Å². The molecule has 0 aromatic rings. The standard InChI is InChI=1S/C7H10O/c1-7-5-3-2-4-6(7)8-7/h2-3,6H,4-5H2,1H3. The first-order valence-electron chi connectivity index (χ1n) is 3.14. The van der Waals surface area contributed by atoms with Gasteiger partial charge in [0, 0.05) is 0 Å². The number of ether oxygens (including phenoxy) is 1. The minimum absolute atomic E-state index is 0.259. The van der Waals surface area contributed by atoms with E-state index in [-0.39, 0.29) is 5.60 Å². The summed E-state index contributed by atoms with van der Waals surface area (Å²) in [5.74, 6) is 0. The van der Waals surface area contributed by atoms with Crippen molar-refractivity contribution in [3.05, 3.63) is 12.2 Å². The van der Waals surface area contributed by atoms with Crippen molar-refractivity contribution in [1.82, 2.24) is 0 Å². The van der Waals surface area contributed by atoms with Crippen LogP contribution in [0.3, 0.4) is 0 Å². The number of fused-ring (bicyclic) bond motifs is 1. The van der Waals surface area contributed by atoms with Gasteiger partial charge in [-0.15, -0.1) is 0 Å². The maximum absolute atomic E-state index is 5.40. The molecule has 1 heterocycles. The average Bonchev–Trinajstić information content (AvgIpc) is 2.39. The molecule has 44 valence electrons. The summed E-state index contributed by atoms with van der Waals surface area (Å²) in [6.07, 6.45) is 7.24. The fourth-order valence-corrected chi connectivity index (χ4v) is 1.31. The number of hydrogen-bond acceptors (Lipinski definition) is 1.